The molecule has 0 spiro atoms. The largest absolute Gasteiger partial charge is 0.480 e. The summed E-state index contributed by atoms with van der Waals surface area (Å²) < 4.78 is 5.91. The number of carbonyl (C=O) groups is 1. The number of fused-ring (bicyclic) bond motifs is 3. The Bertz CT molecular complexity index is 491. The molecule has 96 valence electrons. The van der Waals surface area contributed by atoms with Crippen molar-refractivity contribution >= 4 is 11.7 Å². The number of anilines is 1. The van der Waals surface area contributed by atoms with Crippen LogP contribution in [0.4, 0.5) is 5.69 Å². The number of hydrogen-bond donors (Lipinski definition) is 3. The molecule has 0 radical (unpaired) electrons. The van der Waals surface area contributed by atoms with Gasteiger partial charge in [0.25, 0.3) is 0 Å². The van der Waals surface area contributed by atoms with Crippen LogP contribution in [0.5, 0.6) is 0 Å². The Balaban J connectivity index is 1.99. The molecule has 2 aliphatic rings. The third-order valence-corrected chi connectivity index (χ3v) is 3.88. The number of ether oxygens (including phenoxy) is 1. The van der Waals surface area contributed by atoms with Crippen LogP contribution in [0.3, 0.4) is 0 Å². The maximum absolute atomic E-state index is 11.0. The molecule has 4 N–H and O–H groups in total. The molecule has 1 aromatic carbocycles. The van der Waals surface area contributed by atoms with E-state index in [1.165, 1.54) is 0 Å². The van der Waals surface area contributed by atoms with Crippen LogP contribution in [0.1, 0.15) is 18.4 Å². The van der Waals surface area contributed by atoms with Crippen LogP contribution in [-0.4, -0.2) is 29.8 Å². The first-order valence-electron chi connectivity index (χ1n) is 6.12. The van der Waals surface area contributed by atoms with Gasteiger partial charge >= 0.3 is 5.97 Å². The first kappa shape index (κ1) is 11.5. The van der Waals surface area contributed by atoms with Crippen LogP contribution in [0, 0.1) is 0 Å². The van der Waals surface area contributed by atoms with Crippen LogP contribution < -0.4 is 11.1 Å². The molecule has 5 heteroatoms. The van der Waals surface area contributed by atoms with Gasteiger partial charge in [-0.1, -0.05) is 18.2 Å². The van der Waals surface area contributed by atoms with E-state index in [2.05, 4.69) is 5.32 Å². The Morgan fingerprint density at radius 1 is 1.61 bits per heavy atom. The molecular formula is C13H16N2O3. The Hall–Kier alpha value is -1.59. The van der Waals surface area contributed by atoms with Crippen LogP contribution in [-0.2, 0) is 15.1 Å². The molecule has 2 aliphatic heterocycles. The third kappa shape index (κ3) is 1.51. The summed E-state index contributed by atoms with van der Waals surface area (Å²) in [6, 6.07) is 7.10. The van der Waals surface area contributed by atoms with Crippen molar-refractivity contribution in [1.29, 1.82) is 0 Å². The van der Waals surface area contributed by atoms with Crippen LogP contribution >= 0.6 is 0 Å². The number of para-hydroxylation sites is 1. The van der Waals surface area contributed by atoms with Gasteiger partial charge in [0.1, 0.15) is 11.6 Å². The van der Waals surface area contributed by atoms with Crippen molar-refractivity contribution in [2.45, 2.75) is 30.5 Å². The summed E-state index contributed by atoms with van der Waals surface area (Å²) in [6.07, 6.45) is 1.18. The molecule has 0 bridgehead atoms. The monoisotopic (exact) mass is 248 g/mol. The van der Waals surface area contributed by atoms with Gasteiger partial charge in [0.15, 0.2) is 0 Å². The number of rotatable bonds is 3. The Morgan fingerprint density at radius 2 is 2.39 bits per heavy atom. The average molecular weight is 248 g/mol. The summed E-state index contributed by atoms with van der Waals surface area (Å²) >= 11 is 0. The molecule has 0 saturated carbocycles. The second-order valence-electron chi connectivity index (χ2n) is 4.92. The molecule has 3 atom stereocenters. The van der Waals surface area contributed by atoms with Crippen LogP contribution in [0.15, 0.2) is 24.3 Å². The van der Waals surface area contributed by atoms with Gasteiger partial charge in [0, 0.05) is 24.3 Å². The zero-order valence-corrected chi connectivity index (χ0v) is 9.93. The molecule has 1 unspecified atom stereocenters. The van der Waals surface area contributed by atoms with E-state index in [0.29, 0.717) is 13.0 Å². The van der Waals surface area contributed by atoms with Gasteiger partial charge in [-0.3, -0.25) is 4.79 Å². The Labute approximate surface area is 105 Å². The first-order chi connectivity index (χ1) is 8.63. The lowest BCUT2D eigenvalue weighted by atomic mass is 9.84. The van der Waals surface area contributed by atoms with Crippen molar-refractivity contribution in [2.75, 3.05) is 11.9 Å². The van der Waals surface area contributed by atoms with Gasteiger partial charge in [0.2, 0.25) is 0 Å². The van der Waals surface area contributed by atoms with E-state index >= 15 is 0 Å². The second-order valence-corrected chi connectivity index (χ2v) is 4.92. The summed E-state index contributed by atoms with van der Waals surface area (Å²) in [6.45, 7) is 0.637. The lowest BCUT2D eigenvalue weighted by molar-refractivity contribution is -0.140. The van der Waals surface area contributed by atoms with Crippen molar-refractivity contribution in [1.82, 2.24) is 0 Å². The fraction of sp³-hybridized carbons (Fsp3) is 0.462. The molecule has 1 fully saturated rings. The number of nitrogens with two attached hydrogens (primary N) is 1. The summed E-state index contributed by atoms with van der Waals surface area (Å²) in [5.74, 6) is -0.983. The highest BCUT2D eigenvalue weighted by Gasteiger charge is 2.52. The number of hydrogen-bond acceptors (Lipinski definition) is 4. The zero-order chi connectivity index (χ0) is 12.8. The first-order valence-corrected chi connectivity index (χ1v) is 6.12. The summed E-state index contributed by atoms with van der Waals surface area (Å²) in [5, 5.41) is 12.4. The van der Waals surface area contributed by atoms with Crippen LogP contribution in [0.2, 0.25) is 0 Å². The van der Waals surface area contributed by atoms with E-state index in [4.69, 9.17) is 15.6 Å². The molecule has 0 aromatic heterocycles. The topological polar surface area (TPSA) is 84.6 Å². The van der Waals surface area contributed by atoms with Gasteiger partial charge in [-0.15, -0.1) is 0 Å². The van der Waals surface area contributed by atoms with E-state index in [-0.39, 0.29) is 6.04 Å². The number of benzene rings is 1. The van der Waals surface area contributed by atoms with E-state index < -0.39 is 17.6 Å². The standard InChI is InChI=1S/C13H16N2O3/c14-9(12(16)17)7-13-8-3-1-2-4-10(8)15-11(13)5-6-18-13/h1-4,9,11,15H,5-7,14H2,(H,16,17)/t9?,11-,13-/m0/s1. The maximum atomic E-state index is 11.0. The van der Waals surface area contributed by atoms with E-state index in [1.807, 2.05) is 24.3 Å². The van der Waals surface area contributed by atoms with Gasteiger partial charge < -0.3 is 20.9 Å². The molecule has 1 aromatic rings. The fourth-order valence-electron chi connectivity index (χ4n) is 3.04. The van der Waals surface area contributed by atoms with Crippen molar-refractivity contribution < 1.29 is 14.6 Å². The minimum atomic E-state index is -0.983. The highest BCUT2D eigenvalue weighted by Crippen LogP contribution is 2.49. The summed E-state index contributed by atoms with van der Waals surface area (Å²) in [7, 11) is 0. The Kier molecular flexibility index (Phi) is 2.53. The van der Waals surface area contributed by atoms with Gasteiger partial charge in [-0.05, 0) is 12.5 Å². The lowest BCUT2D eigenvalue weighted by Gasteiger charge is -2.30. The molecule has 2 heterocycles. The second kappa shape index (κ2) is 3.96. The lowest BCUT2D eigenvalue weighted by Crippen LogP contribution is -2.44. The summed E-state index contributed by atoms with van der Waals surface area (Å²) in [4.78, 5) is 11.0. The predicted octanol–water partition coefficient (Wildman–Crippen LogP) is 0.898. The average Bonchev–Trinajstić information content (AvgIpc) is 2.84. The third-order valence-electron chi connectivity index (χ3n) is 3.88. The van der Waals surface area contributed by atoms with E-state index in [9.17, 15) is 4.79 Å². The molecule has 18 heavy (non-hydrogen) atoms. The van der Waals surface area contributed by atoms with Gasteiger partial charge in [-0.2, -0.15) is 0 Å². The smallest absolute Gasteiger partial charge is 0.320 e. The van der Waals surface area contributed by atoms with E-state index in [0.717, 1.165) is 17.7 Å². The van der Waals surface area contributed by atoms with Crippen molar-refractivity contribution in [3.8, 4) is 0 Å². The molecule has 0 aliphatic carbocycles. The van der Waals surface area contributed by atoms with Crippen molar-refractivity contribution in [3.63, 3.8) is 0 Å². The molecule has 1 saturated heterocycles. The van der Waals surface area contributed by atoms with Gasteiger partial charge in [-0.25, -0.2) is 0 Å². The SMILES string of the molecule is NC(C[C@@]12OCC[C@@H]1Nc1ccccc12)C(=O)O. The number of aliphatic carboxylic acids is 1. The summed E-state index contributed by atoms with van der Waals surface area (Å²) in [5.41, 5.74) is 7.18. The van der Waals surface area contributed by atoms with Crippen LogP contribution in [0.25, 0.3) is 0 Å². The minimum Gasteiger partial charge on any atom is -0.480 e. The fourth-order valence-corrected chi connectivity index (χ4v) is 3.04. The maximum Gasteiger partial charge on any atom is 0.320 e. The zero-order valence-electron chi connectivity index (χ0n) is 9.93. The minimum absolute atomic E-state index is 0.125. The molecule has 3 rings (SSSR count). The van der Waals surface area contributed by atoms with Crippen molar-refractivity contribution in [2.24, 2.45) is 5.73 Å². The van der Waals surface area contributed by atoms with E-state index in [1.54, 1.807) is 0 Å². The number of nitrogens with one attached hydrogen (secondary N) is 1. The van der Waals surface area contributed by atoms with Gasteiger partial charge in [0.05, 0.1) is 6.04 Å². The molecule has 5 nitrogen and oxygen atoms in total. The normalized spacial score (nSPS) is 30.4. The highest BCUT2D eigenvalue weighted by molar-refractivity contribution is 5.74. The predicted molar refractivity (Wildman–Crippen MR) is 66.3 cm³/mol. The highest BCUT2D eigenvalue weighted by atomic mass is 16.5. The van der Waals surface area contributed by atoms with Crippen molar-refractivity contribution in [3.05, 3.63) is 29.8 Å². The molecular weight excluding hydrogens is 232 g/mol. The number of carboxylic acid groups (broad SMARTS) is 1. The number of carboxylic acids is 1. The Morgan fingerprint density at radius 3 is 3.17 bits per heavy atom. The molecule has 0 amide bonds. The quantitative estimate of drug-likeness (QED) is 0.740.